The van der Waals surface area contributed by atoms with Crippen molar-refractivity contribution in [1.29, 1.82) is 0 Å². The van der Waals surface area contributed by atoms with Gasteiger partial charge in [0.2, 0.25) is 0 Å². The molecule has 0 spiro atoms. The first-order valence-corrected chi connectivity index (χ1v) is 8.05. The molecule has 3 unspecified atom stereocenters. The summed E-state index contributed by atoms with van der Waals surface area (Å²) in [6, 6.07) is -0.119. The molecule has 0 saturated carbocycles. The Kier molecular flexibility index (Phi) is 7.22. The minimum absolute atomic E-state index is 0.0175. The Balaban J connectivity index is 2.00. The van der Waals surface area contributed by atoms with E-state index in [0.717, 1.165) is 24.2 Å². The van der Waals surface area contributed by atoms with E-state index < -0.39 is 0 Å². The quantitative estimate of drug-likeness (QED) is 0.412. The second-order valence-corrected chi connectivity index (χ2v) is 5.60. The number of aromatic amines is 1. The Labute approximate surface area is 142 Å². The fourth-order valence-electron chi connectivity index (χ4n) is 2.47. The van der Waals surface area contributed by atoms with Crippen LogP contribution in [0.15, 0.2) is 48.1 Å². The summed E-state index contributed by atoms with van der Waals surface area (Å²) in [5, 5.41) is 17.5. The van der Waals surface area contributed by atoms with Crippen molar-refractivity contribution in [3.05, 3.63) is 54.3 Å². The lowest BCUT2D eigenvalue weighted by molar-refractivity contribution is 0.605. The van der Waals surface area contributed by atoms with Crippen LogP contribution in [0.4, 0.5) is 4.39 Å². The molecule has 6 nitrogen and oxygen atoms in total. The Morgan fingerprint density at radius 1 is 1.42 bits per heavy atom. The number of hydrogen-bond donors (Lipinski definition) is 4. The molecule has 7 heteroatoms. The van der Waals surface area contributed by atoms with Gasteiger partial charge in [-0.1, -0.05) is 18.2 Å². The summed E-state index contributed by atoms with van der Waals surface area (Å²) in [5.41, 5.74) is 4.98. The van der Waals surface area contributed by atoms with Crippen LogP contribution in [-0.2, 0) is 0 Å². The van der Waals surface area contributed by atoms with Gasteiger partial charge in [-0.05, 0) is 39.2 Å². The standard InChI is InChI=1S/C17H25FN6/c1-13-15(12-22-23-13)17(5-3-4-9-19-2)20-10-7-14-11-21-24-16(14)6-8-18/h3,5-8,10-12,14,16-17,19-20,24H,4,9H2,1-2H3,(H,22,23)/b5-3+,8-6+,10-7+. The van der Waals surface area contributed by atoms with Crippen molar-refractivity contribution in [3.63, 3.8) is 0 Å². The zero-order chi connectivity index (χ0) is 17.2. The third-order valence-electron chi connectivity index (χ3n) is 3.85. The largest absolute Gasteiger partial charge is 0.381 e. The first-order valence-electron chi connectivity index (χ1n) is 8.05. The highest BCUT2D eigenvalue weighted by Gasteiger charge is 2.19. The maximum absolute atomic E-state index is 12.4. The van der Waals surface area contributed by atoms with Crippen LogP contribution in [0.3, 0.4) is 0 Å². The third-order valence-corrected chi connectivity index (χ3v) is 3.85. The van der Waals surface area contributed by atoms with Crippen LogP contribution in [0.2, 0.25) is 0 Å². The molecule has 0 aliphatic carbocycles. The lowest BCUT2D eigenvalue weighted by Crippen LogP contribution is -2.24. The normalized spacial score (nSPS) is 22.0. The molecular weight excluding hydrogens is 307 g/mol. The van der Waals surface area contributed by atoms with Gasteiger partial charge in [0, 0.05) is 23.4 Å². The first kappa shape index (κ1) is 17.9. The molecular formula is C17H25FN6. The summed E-state index contributed by atoms with van der Waals surface area (Å²) in [6.07, 6.45) is 14.7. The SMILES string of the molecule is CNCC/C=C/C(N/C=C/C1C=NNC1/C=C/F)c1cn[nH]c1C. The van der Waals surface area contributed by atoms with Gasteiger partial charge in [-0.25, -0.2) is 4.39 Å². The number of halogens is 1. The van der Waals surface area contributed by atoms with Gasteiger partial charge in [-0.15, -0.1) is 0 Å². The van der Waals surface area contributed by atoms with E-state index in [1.807, 2.05) is 32.4 Å². The molecule has 130 valence electrons. The van der Waals surface area contributed by atoms with Gasteiger partial charge in [0.25, 0.3) is 0 Å². The predicted molar refractivity (Wildman–Crippen MR) is 95.2 cm³/mol. The second-order valence-electron chi connectivity index (χ2n) is 5.60. The van der Waals surface area contributed by atoms with Crippen LogP contribution >= 0.6 is 0 Å². The number of aromatic nitrogens is 2. The van der Waals surface area contributed by atoms with E-state index >= 15 is 0 Å². The Bertz CT molecular complexity index is 604. The highest BCUT2D eigenvalue weighted by Crippen LogP contribution is 2.17. The third kappa shape index (κ3) is 5.06. The average Bonchev–Trinajstić information content (AvgIpc) is 3.19. The van der Waals surface area contributed by atoms with E-state index in [1.54, 1.807) is 6.21 Å². The van der Waals surface area contributed by atoms with Crippen molar-refractivity contribution < 1.29 is 4.39 Å². The summed E-state index contributed by atoms with van der Waals surface area (Å²) in [6.45, 7) is 2.93. The number of hydrogen-bond acceptors (Lipinski definition) is 5. The van der Waals surface area contributed by atoms with Crippen LogP contribution < -0.4 is 16.1 Å². The van der Waals surface area contributed by atoms with Gasteiger partial charge >= 0.3 is 0 Å². The Morgan fingerprint density at radius 2 is 2.29 bits per heavy atom. The fraction of sp³-hybridized carbons (Fsp3) is 0.412. The highest BCUT2D eigenvalue weighted by atomic mass is 19.1. The number of nitrogens with zero attached hydrogens (tertiary/aromatic N) is 2. The summed E-state index contributed by atoms with van der Waals surface area (Å²) < 4.78 is 12.4. The van der Waals surface area contributed by atoms with Crippen molar-refractivity contribution in [3.8, 4) is 0 Å². The van der Waals surface area contributed by atoms with E-state index in [0.29, 0.717) is 6.33 Å². The van der Waals surface area contributed by atoms with E-state index in [4.69, 9.17) is 0 Å². The maximum atomic E-state index is 12.4. The number of rotatable bonds is 9. The van der Waals surface area contributed by atoms with E-state index in [9.17, 15) is 4.39 Å². The highest BCUT2D eigenvalue weighted by molar-refractivity contribution is 5.66. The molecule has 0 saturated heterocycles. The fourth-order valence-corrected chi connectivity index (χ4v) is 2.47. The first-order chi connectivity index (χ1) is 11.8. The number of H-pyrrole nitrogens is 1. The van der Waals surface area contributed by atoms with Crippen molar-refractivity contribution in [2.75, 3.05) is 13.6 Å². The maximum Gasteiger partial charge on any atom is 0.0848 e. The van der Waals surface area contributed by atoms with Gasteiger partial charge in [0.05, 0.1) is 24.6 Å². The van der Waals surface area contributed by atoms with Crippen LogP contribution in [0, 0.1) is 12.8 Å². The molecule has 2 rings (SSSR count). The van der Waals surface area contributed by atoms with E-state index in [-0.39, 0.29) is 18.0 Å². The summed E-state index contributed by atoms with van der Waals surface area (Å²) in [5.74, 6) is 0.0175. The summed E-state index contributed by atoms with van der Waals surface area (Å²) in [4.78, 5) is 0. The molecule has 1 aromatic rings. The molecule has 0 aromatic carbocycles. The molecule has 0 fully saturated rings. The smallest absolute Gasteiger partial charge is 0.0848 e. The van der Waals surface area contributed by atoms with E-state index in [2.05, 4.69) is 43.5 Å². The molecule has 1 aromatic heterocycles. The molecule has 0 radical (unpaired) electrons. The molecule has 24 heavy (non-hydrogen) atoms. The molecule has 3 atom stereocenters. The lowest BCUT2D eigenvalue weighted by Gasteiger charge is -2.14. The molecule has 1 aliphatic rings. The van der Waals surface area contributed by atoms with Crippen LogP contribution in [-0.4, -0.2) is 36.0 Å². The summed E-state index contributed by atoms with van der Waals surface area (Å²) >= 11 is 0. The summed E-state index contributed by atoms with van der Waals surface area (Å²) in [7, 11) is 1.94. The Hall–Kier alpha value is -2.41. The van der Waals surface area contributed by atoms with Gasteiger partial charge in [-0.3, -0.25) is 5.10 Å². The minimum Gasteiger partial charge on any atom is -0.381 e. The van der Waals surface area contributed by atoms with Crippen LogP contribution in [0.25, 0.3) is 0 Å². The number of nitrogens with one attached hydrogen (secondary N) is 4. The van der Waals surface area contributed by atoms with Crippen molar-refractivity contribution in [2.45, 2.75) is 25.4 Å². The molecule has 0 bridgehead atoms. The van der Waals surface area contributed by atoms with Gasteiger partial charge in [0.15, 0.2) is 0 Å². The van der Waals surface area contributed by atoms with Crippen LogP contribution in [0.1, 0.15) is 23.7 Å². The zero-order valence-corrected chi connectivity index (χ0v) is 14.0. The molecule has 0 amide bonds. The van der Waals surface area contributed by atoms with Gasteiger partial charge in [0.1, 0.15) is 0 Å². The van der Waals surface area contributed by atoms with Crippen molar-refractivity contribution >= 4 is 6.21 Å². The van der Waals surface area contributed by atoms with Gasteiger partial charge < -0.3 is 16.1 Å². The number of aryl methyl sites for hydroxylation is 1. The molecule has 2 heterocycles. The molecule has 1 aliphatic heterocycles. The monoisotopic (exact) mass is 332 g/mol. The van der Waals surface area contributed by atoms with Crippen molar-refractivity contribution in [1.82, 2.24) is 26.3 Å². The zero-order valence-electron chi connectivity index (χ0n) is 14.0. The topological polar surface area (TPSA) is 77.1 Å². The van der Waals surface area contributed by atoms with Gasteiger partial charge in [-0.2, -0.15) is 10.2 Å². The lowest BCUT2D eigenvalue weighted by atomic mass is 10.0. The molecule has 4 N–H and O–H groups in total. The number of hydrazone groups is 1. The van der Waals surface area contributed by atoms with Crippen LogP contribution in [0.5, 0.6) is 0 Å². The minimum atomic E-state index is -0.145. The Morgan fingerprint density at radius 3 is 3.00 bits per heavy atom. The second kappa shape index (κ2) is 9.67. The average molecular weight is 332 g/mol. The van der Waals surface area contributed by atoms with E-state index in [1.165, 1.54) is 6.08 Å². The predicted octanol–water partition coefficient (Wildman–Crippen LogP) is 2.09. The van der Waals surface area contributed by atoms with Crippen molar-refractivity contribution in [2.24, 2.45) is 11.0 Å².